The van der Waals surface area contributed by atoms with Crippen LogP contribution in [0.4, 0.5) is 5.69 Å². The zero-order valence-electron chi connectivity index (χ0n) is 12.5. The van der Waals surface area contributed by atoms with E-state index < -0.39 is 6.10 Å². The van der Waals surface area contributed by atoms with Crippen LogP contribution in [0.2, 0.25) is 0 Å². The molecule has 4 nitrogen and oxygen atoms in total. The minimum Gasteiger partial charge on any atom is -0.493 e. The quantitative estimate of drug-likeness (QED) is 0.834. The van der Waals surface area contributed by atoms with Gasteiger partial charge in [-0.25, -0.2) is 0 Å². The molecule has 2 rings (SSSR count). The van der Waals surface area contributed by atoms with Crippen molar-refractivity contribution in [2.75, 3.05) is 12.4 Å². The Morgan fingerprint density at radius 3 is 2.36 bits per heavy atom. The van der Waals surface area contributed by atoms with Gasteiger partial charge in [0, 0.05) is 10.2 Å². The fraction of sp³-hybridized carbons (Fsp3) is 0.235. The lowest BCUT2D eigenvalue weighted by molar-refractivity contribution is -0.122. The maximum atomic E-state index is 12.3. The van der Waals surface area contributed by atoms with Crippen molar-refractivity contribution < 1.29 is 14.3 Å². The molecule has 0 aromatic heterocycles. The third kappa shape index (κ3) is 4.24. The highest BCUT2D eigenvalue weighted by Gasteiger charge is 2.20. The molecule has 1 atom stereocenters. The van der Waals surface area contributed by atoms with Crippen molar-refractivity contribution in [3.8, 4) is 11.5 Å². The van der Waals surface area contributed by atoms with E-state index in [1.54, 1.807) is 19.2 Å². The van der Waals surface area contributed by atoms with Gasteiger partial charge >= 0.3 is 0 Å². The molecular formula is C17H18BrNO3. The second-order valence-electron chi connectivity index (χ2n) is 4.66. The standard InChI is InChI=1S/C17H18BrNO3/c1-3-14(22-16-7-5-4-6-15(16)21-2)17(20)19-13-10-8-12(18)9-11-13/h4-11,14H,3H2,1-2H3,(H,19,20). The molecule has 0 saturated carbocycles. The van der Waals surface area contributed by atoms with E-state index in [0.717, 1.165) is 10.2 Å². The van der Waals surface area contributed by atoms with Crippen molar-refractivity contribution in [3.63, 3.8) is 0 Å². The molecule has 0 radical (unpaired) electrons. The van der Waals surface area contributed by atoms with E-state index >= 15 is 0 Å². The molecule has 0 spiro atoms. The molecule has 0 bridgehead atoms. The van der Waals surface area contributed by atoms with Crippen molar-refractivity contribution in [2.24, 2.45) is 0 Å². The van der Waals surface area contributed by atoms with E-state index in [1.807, 2.05) is 43.3 Å². The zero-order chi connectivity index (χ0) is 15.9. The van der Waals surface area contributed by atoms with Gasteiger partial charge in [0.1, 0.15) is 0 Å². The van der Waals surface area contributed by atoms with E-state index in [1.165, 1.54) is 0 Å². The highest BCUT2D eigenvalue weighted by atomic mass is 79.9. The maximum absolute atomic E-state index is 12.3. The predicted octanol–water partition coefficient (Wildman–Crippen LogP) is 4.25. The summed E-state index contributed by atoms with van der Waals surface area (Å²) in [6.45, 7) is 1.90. The number of nitrogens with one attached hydrogen (secondary N) is 1. The Balaban J connectivity index is 2.07. The first-order valence-electron chi connectivity index (χ1n) is 7.00. The van der Waals surface area contributed by atoms with Gasteiger partial charge in [-0.15, -0.1) is 0 Å². The lowest BCUT2D eigenvalue weighted by Gasteiger charge is -2.18. The van der Waals surface area contributed by atoms with Crippen molar-refractivity contribution >= 4 is 27.5 Å². The predicted molar refractivity (Wildman–Crippen MR) is 90.5 cm³/mol. The number of para-hydroxylation sites is 2. The SMILES string of the molecule is CCC(Oc1ccccc1OC)C(=O)Nc1ccc(Br)cc1. The average molecular weight is 364 g/mol. The Morgan fingerprint density at radius 2 is 1.77 bits per heavy atom. The summed E-state index contributed by atoms with van der Waals surface area (Å²) in [6.07, 6.45) is -0.0274. The average Bonchev–Trinajstić information content (AvgIpc) is 2.55. The fourth-order valence-electron chi connectivity index (χ4n) is 1.95. The van der Waals surface area contributed by atoms with Crippen LogP contribution < -0.4 is 14.8 Å². The number of methoxy groups -OCH3 is 1. The molecule has 0 aliphatic heterocycles. The number of carbonyl (C=O) groups excluding carboxylic acids is 1. The van der Waals surface area contributed by atoms with Gasteiger partial charge in [0.25, 0.3) is 5.91 Å². The maximum Gasteiger partial charge on any atom is 0.265 e. The lowest BCUT2D eigenvalue weighted by Crippen LogP contribution is -2.32. The van der Waals surface area contributed by atoms with Gasteiger partial charge in [0.05, 0.1) is 7.11 Å². The van der Waals surface area contributed by atoms with Gasteiger partial charge in [0.2, 0.25) is 0 Å². The van der Waals surface area contributed by atoms with E-state index in [9.17, 15) is 4.79 Å². The smallest absolute Gasteiger partial charge is 0.265 e. The Hall–Kier alpha value is -2.01. The van der Waals surface area contributed by atoms with Crippen LogP contribution in [-0.2, 0) is 4.79 Å². The molecule has 0 heterocycles. The van der Waals surface area contributed by atoms with Gasteiger partial charge in [-0.3, -0.25) is 4.79 Å². The first kappa shape index (κ1) is 16.4. The van der Waals surface area contributed by atoms with Gasteiger partial charge in [0.15, 0.2) is 17.6 Å². The van der Waals surface area contributed by atoms with Crippen LogP contribution in [-0.4, -0.2) is 19.1 Å². The van der Waals surface area contributed by atoms with Crippen LogP contribution in [0.3, 0.4) is 0 Å². The summed E-state index contributed by atoms with van der Waals surface area (Å²) in [7, 11) is 1.57. The number of carbonyl (C=O) groups is 1. The van der Waals surface area contributed by atoms with Crippen molar-refractivity contribution in [1.82, 2.24) is 0 Å². The highest BCUT2D eigenvalue weighted by molar-refractivity contribution is 9.10. The van der Waals surface area contributed by atoms with Crippen LogP contribution in [0.25, 0.3) is 0 Å². The fourth-order valence-corrected chi connectivity index (χ4v) is 2.21. The van der Waals surface area contributed by atoms with Crippen LogP contribution in [0.5, 0.6) is 11.5 Å². The molecule has 0 fully saturated rings. The lowest BCUT2D eigenvalue weighted by atomic mass is 10.2. The van der Waals surface area contributed by atoms with Gasteiger partial charge in [-0.05, 0) is 42.8 Å². The van der Waals surface area contributed by atoms with E-state index in [-0.39, 0.29) is 5.91 Å². The molecule has 5 heteroatoms. The summed E-state index contributed by atoms with van der Waals surface area (Å²) in [6, 6.07) is 14.7. The molecule has 2 aromatic carbocycles. The molecule has 1 unspecified atom stereocenters. The summed E-state index contributed by atoms with van der Waals surface area (Å²) in [5.41, 5.74) is 0.732. The second-order valence-corrected chi connectivity index (χ2v) is 5.58. The Kier molecular flexibility index (Phi) is 5.83. The zero-order valence-corrected chi connectivity index (χ0v) is 14.1. The summed E-state index contributed by atoms with van der Waals surface area (Å²) in [4.78, 5) is 12.3. The molecule has 0 saturated heterocycles. The van der Waals surface area contributed by atoms with Gasteiger partial charge in [-0.1, -0.05) is 35.0 Å². The molecule has 0 aliphatic rings. The Bertz CT molecular complexity index is 628. The molecule has 0 aliphatic carbocycles. The van der Waals surface area contributed by atoms with Crippen molar-refractivity contribution in [2.45, 2.75) is 19.4 Å². The minimum absolute atomic E-state index is 0.185. The summed E-state index contributed by atoms with van der Waals surface area (Å²) in [5, 5.41) is 2.85. The van der Waals surface area contributed by atoms with Gasteiger partial charge in [-0.2, -0.15) is 0 Å². The number of benzene rings is 2. The van der Waals surface area contributed by atoms with E-state index in [4.69, 9.17) is 9.47 Å². The monoisotopic (exact) mass is 363 g/mol. The summed E-state index contributed by atoms with van der Waals surface area (Å²) < 4.78 is 12.0. The van der Waals surface area contributed by atoms with Gasteiger partial charge < -0.3 is 14.8 Å². The number of ether oxygens (including phenoxy) is 2. The topological polar surface area (TPSA) is 47.6 Å². The third-order valence-corrected chi connectivity index (χ3v) is 3.64. The molecule has 2 aromatic rings. The largest absolute Gasteiger partial charge is 0.493 e. The Labute approximate surface area is 138 Å². The van der Waals surface area contributed by atoms with E-state index in [0.29, 0.717) is 17.9 Å². The first-order valence-corrected chi connectivity index (χ1v) is 7.79. The number of anilines is 1. The number of halogens is 1. The molecular weight excluding hydrogens is 346 g/mol. The van der Waals surface area contributed by atoms with Crippen LogP contribution in [0, 0.1) is 0 Å². The van der Waals surface area contributed by atoms with Crippen LogP contribution in [0.1, 0.15) is 13.3 Å². The normalized spacial score (nSPS) is 11.6. The van der Waals surface area contributed by atoms with E-state index in [2.05, 4.69) is 21.2 Å². The number of hydrogen-bond acceptors (Lipinski definition) is 3. The molecule has 22 heavy (non-hydrogen) atoms. The number of hydrogen-bond donors (Lipinski definition) is 1. The second kappa shape index (κ2) is 7.84. The number of amides is 1. The molecule has 1 amide bonds. The molecule has 1 N–H and O–H groups in total. The van der Waals surface area contributed by atoms with Crippen molar-refractivity contribution in [3.05, 3.63) is 53.0 Å². The molecule has 116 valence electrons. The minimum atomic E-state index is -0.583. The highest BCUT2D eigenvalue weighted by Crippen LogP contribution is 2.27. The van der Waals surface area contributed by atoms with Crippen LogP contribution >= 0.6 is 15.9 Å². The van der Waals surface area contributed by atoms with Crippen LogP contribution in [0.15, 0.2) is 53.0 Å². The Morgan fingerprint density at radius 1 is 1.14 bits per heavy atom. The number of rotatable bonds is 6. The summed E-state index contributed by atoms with van der Waals surface area (Å²) >= 11 is 3.36. The first-order chi connectivity index (χ1) is 10.6. The third-order valence-electron chi connectivity index (χ3n) is 3.11. The van der Waals surface area contributed by atoms with Crippen molar-refractivity contribution in [1.29, 1.82) is 0 Å². The summed E-state index contributed by atoms with van der Waals surface area (Å²) in [5.74, 6) is 0.982.